The van der Waals surface area contributed by atoms with Gasteiger partial charge in [0, 0.05) is 11.1 Å². The number of hydrogen-bond donors (Lipinski definition) is 0. The van der Waals surface area contributed by atoms with E-state index in [-0.39, 0.29) is 22.7 Å². The molecular weight excluding hydrogens is 256 g/mol. The molecule has 0 unspecified atom stereocenters. The van der Waals surface area contributed by atoms with Gasteiger partial charge < -0.3 is 0 Å². The van der Waals surface area contributed by atoms with Crippen LogP contribution in [0.25, 0.3) is 5.57 Å². The van der Waals surface area contributed by atoms with Crippen molar-refractivity contribution in [2.45, 2.75) is 20.8 Å². The van der Waals surface area contributed by atoms with Gasteiger partial charge in [-0.3, -0.25) is 19.2 Å². The van der Waals surface area contributed by atoms with Gasteiger partial charge in [-0.2, -0.15) is 0 Å². The van der Waals surface area contributed by atoms with Gasteiger partial charge in [0.1, 0.15) is 17.5 Å². The quantitative estimate of drug-likeness (QED) is 0.622. The van der Waals surface area contributed by atoms with Gasteiger partial charge in [-0.15, -0.1) is 0 Å². The third-order valence-electron chi connectivity index (χ3n) is 3.51. The van der Waals surface area contributed by atoms with Crippen molar-refractivity contribution < 1.29 is 19.2 Å². The zero-order valence-corrected chi connectivity index (χ0v) is 11.5. The van der Waals surface area contributed by atoms with Crippen LogP contribution in [0.1, 0.15) is 36.7 Å². The molecule has 2 rings (SSSR count). The van der Waals surface area contributed by atoms with Crippen molar-refractivity contribution in [1.29, 1.82) is 0 Å². The molecule has 0 aromatic heterocycles. The van der Waals surface area contributed by atoms with Crippen molar-refractivity contribution >= 4 is 28.7 Å². The molecule has 1 aliphatic carbocycles. The number of benzene rings is 1. The average molecular weight is 270 g/mol. The van der Waals surface area contributed by atoms with Crippen molar-refractivity contribution in [3.8, 4) is 0 Å². The van der Waals surface area contributed by atoms with Crippen LogP contribution in [0.2, 0.25) is 0 Å². The number of Topliss-reactive ketones (excluding diaryl/α,β-unsaturated/α-hetero) is 4. The van der Waals surface area contributed by atoms with Crippen LogP contribution in [0.5, 0.6) is 0 Å². The van der Waals surface area contributed by atoms with Crippen LogP contribution in [0, 0.1) is 5.92 Å². The molecule has 0 bridgehead atoms. The molecule has 20 heavy (non-hydrogen) atoms. The highest BCUT2D eigenvalue weighted by Gasteiger charge is 2.36. The van der Waals surface area contributed by atoms with E-state index in [2.05, 4.69) is 0 Å². The summed E-state index contributed by atoms with van der Waals surface area (Å²) < 4.78 is 0. The van der Waals surface area contributed by atoms with Gasteiger partial charge in [0.2, 0.25) is 11.6 Å². The van der Waals surface area contributed by atoms with Crippen LogP contribution >= 0.6 is 0 Å². The molecule has 0 saturated carbocycles. The van der Waals surface area contributed by atoms with Gasteiger partial charge in [0.25, 0.3) is 0 Å². The summed E-state index contributed by atoms with van der Waals surface area (Å²) in [4.78, 5) is 47.6. The van der Waals surface area contributed by atoms with Crippen LogP contribution in [0.4, 0.5) is 0 Å². The average Bonchev–Trinajstić information content (AvgIpc) is 2.40. The Labute approximate surface area is 116 Å². The molecule has 0 fully saturated rings. The van der Waals surface area contributed by atoms with E-state index in [0.717, 1.165) is 0 Å². The number of hydrogen-bond acceptors (Lipinski definition) is 4. The minimum Gasteiger partial charge on any atom is -0.299 e. The number of ketones is 4. The molecule has 0 atom stereocenters. The summed E-state index contributed by atoms with van der Waals surface area (Å²) in [7, 11) is 0. The largest absolute Gasteiger partial charge is 0.299 e. The fourth-order valence-electron chi connectivity index (χ4n) is 2.60. The van der Waals surface area contributed by atoms with E-state index in [4.69, 9.17) is 0 Å². The molecule has 0 saturated heterocycles. The molecule has 0 aliphatic heterocycles. The maximum Gasteiger partial charge on any atom is 0.233 e. The predicted octanol–water partition coefficient (Wildman–Crippen LogP) is 2.02. The van der Waals surface area contributed by atoms with Crippen molar-refractivity contribution in [3.63, 3.8) is 0 Å². The molecular formula is C16H14O4. The lowest BCUT2D eigenvalue weighted by Gasteiger charge is -2.24. The zero-order valence-electron chi connectivity index (χ0n) is 11.5. The zero-order chi connectivity index (χ0) is 15.0. The first-order chi connectivity index (χ1) is 9.36. The molecule has 1 aromatic carbocycles. The lowest BCUT2D eigenvalue weighted by Crippen LogP contribution is -2.30. The summed E-state index contributed by atoms with van der Waals surface area (Å²) >= 11 is 0. The minimum atomic E-state index is -0.992. The first-order valence-corrected chi connectivity index (χ1v) is 6.26. The van der Waals surface area contributed by atoms with Crippen LogP contribution in [-0.2, 0) is 14.4 Å². The molecule has 102 valence electrons. The second kappa shape index (κ2) is 4.96. The third kappa shape index (κ3) is 2.03. The normalized spacial score (nSPS) is 14.6. The number of carbonyl (C=O) groups excluding carboxylic acids is 4. The van der Waals surface area contributed by atoms with Crippen LogP contribution in [-0.4, -0.2) is 23.1 Å². The topological polar surface area (TPSA) is 68.3 Å². The van der Waals surface area contributed by atoms with Crippen molar-refractivity contribution in [1.82, 2.24) is 0 Å². The van der Waals surface area contributed by atoms with Crippen molar-refractivity contribution in [2.75, 3.05) is 0 Å². The van der Waals surface area contributed by atoms with Crippen molar-refractivity contribution in [2.24, 2.45) is 5.92 Å². The van der Waals surface area contributed by atoms with E-state index in [9.17, 15) is 19.2 Å². The molecule has 0 radical (unpaired) electrons. The molecule has 0 N–H and O–H groups in total. The van der Waals surface area contributed by atoms with Gasteiger partial charge >= 0.3 is 0 Å². The third-order valence-corrected chi connectivity index (χ3v) is 3.51. The van der Waals surface area contributed by atoms with E-state index < -0.39 is 17.5 Å². The Kier molecular flexibility index (Phi) is 3.49. The lowest BCUT2D eigenvalue weighted by molar-refractivity contribution is -0.127. The Hall–Kier alpha value is -2.36. The first-order valence-electron chi connectivity index (χ1n) is 6.26. The van der Waals surface area contributed by atoms with E-state index in [1.807, 2.05) is 0 Å². The van der Waals surface area contributed by atoms with E-state index in [1.165, 1.54) is 20.8 Å². The number of fused-ring (bicyclic) bond motifs is 1. The smallest absolute Gasteiger partial charge is 0.233 e. The summed E-state index contributed by atoms with van der Waals surface area (Å²) in [6.45, 7) is 4.12. The fraction of sp³-hybridized carbons (Fsp3) is 0.250. The van der Waals surface area contributed by atoms with Crippen LogP contribution in [0.15, 0.2) is 29.8 Å². The highest BCUT2D eigenvalue weighted by Crippen LogP contribution is 2.35. The Morgan fingerprint density at radius 3 is 1.90 bits per heavy atom. The Morgan fingerprint density at radius 1 is 0.900 bits per heavy atom. The summed E-state index contributed by atoms with van der Waals surface area (Å²) in [5, 5.41) is 0. The Bertz CT molecular complexity index is 665. The minimum absolute atomic E-state index is 0.184. The molecule has 4 heteroatoms. The van der Waals surface area contributed by atoms with E-state index >= 15 is 0 Å². The second-order valence-corrected chi connectivity index (χ2v) is 4.90. The number of rotatable bonds is 3. The maximum atomic E-state index is 12.0. The van der Waals surface area contributed by atoms with E-state index in [1.54, 1.807) is 24.3 Å². The number of allylic oxidation sites excluding steroid dienone is 2. The van der Waals surface area contributed by atoms with Crippen molar-refractivity contribution in [3.05, 3.63) is 41.0 Å². The monoisotopic (exact) mass is 270 g/mol. The molecule has 0 spiro atoms. The molecule has 4 nitrogen and oxygen atoms in total. The highest BCUT2D eigenvalue weighted by atomic mass is 16.2. The maximum absolute atomic E-state index is 12.0. The molecule has 0 amide bonds. The van der Waals surface area contributed by atoms with E-state index in [0.29, 0.717) is 11.1 Å². The van der Waals surface area contributed by atoms with Gasteiger partial charge in [-0.25, -0.2) is 0 Å². The Morgan fingerprint density at radius 2 is 1.40 bits per heavy atom. The lowest BCUT2D eigenvalue weighted by atomic mass is 9.76. The van der Waals surface area contributed by atoms with Crippen LogP contribution in [0.3, 0.4) is 0 Å². The van der Waals surface area contributed by atoms with Crippen LogP contribution < -0.4 is 0 Å². The van der Waals surface area contributed by atoms with Gasteiger partial charge in [0.15, 0.2) is 0 Å². The van der Waals surface area contributed by atoms with Gasteiger partial charge in [-0.1, -0.05) is 24.3 Å². The number of carbonyl (C=O) groups is 4. The van der Waals surface area contributed by atoms with Gasteiger partial charge in [0.05, 0.1) is 0 Å². The fourth-order valence-corrected chi connectivity index (χ4v) is 2.60. The Balaban J connectivity index is 2.78. The SMILES string of the molecule is CC(=O)C(C(C)=O)C1=C(C)C(=O)C(=O)c2ccccc21. The summed E-state index contributed by atoms with van der Waals surface area (Å²) in [6, 6.07) is 6.57. The summed E-state index contributed by atoms with van der Waals surface area (Å²) in [5.74, 6) is -2.89. The first kappa shape index (κ1) is 14.1. The predicted molar refractivity (Wildman–Crippen MR) is 73.2 cm³/mol. The molecule has 0 heterocycles. The second-order valence-electron chi connectivity index (χ2n) is 4.90. The molecule has 1 aliphatic rings. The standard InChI is InChI=1S/C16H14O4/c1-8-13(14(9(2)17)10(3)18)11-6-4-5-7-12(11)16(20)15(8)19/h4-7,14H,1-3H3. The molecule has 1 aromatic rings. The highest BCUT2D eigenvalue weighted by molar-refractivity contribution is 6.52. The van der Waals surface area contributed by atoms with Gasteiger partial charge in [-0.05, 0) is 31.9 Å². The summed E-state index contributed by atoms with van der Waals surface area (Å²) in [5.41, 5.74) is 1.31. The summed E-state index contributed by atoms with van der Waals surface area (Å²) in [6.07, 6.45) is 0.